The highest BCUT2D eigenvalue weighted by molar-refractivity contribution is 7.12. The fourth-order valence-electron chi connectivity index (χ4n) is 1.90. The van der Waals surface area contributed by atoms with Gasteiger partial charge in [-0.2, -0.15) is 0 Å². The van der Waals surface area contributed by atoms with E-state index in [4.69, 9.17) is 9.84 Å². The van der Waals surface area contributed by atoms with Gasteiger partial charge in [0.1, 0.15) is 5.75 Å². The molecule has 0 saturated heterocycles. The molecule has 110 valence electrons. The Morgan fingerprint density at radius 1 is 1.24 bits per heavy atom. The number of anilines is 1. The number of para-hydroxylation sites is 1. The predicted molar refractivity (Wildman–Crippen MR) is 81.3 cm³/mol. The SMILES string of the molecule is Cc1cccc(C)c1NC(=O)COc1ccsc1C(=O)O. The van der Waals surface area contributed by atoms with Gasteiger partial charge in [-0.1, -0.05) is 18.2 Å². The van der Waals surface area contributed by atoms with Crippen LogP contribution in [0.5, 0.6) is 5.75 Å². The summed E-state index contributed by atoms with van der Waals surface area (Å²) < 4.78 is 5.27. The van der Waals surface area contributed by atoms with Gasteiger partial charge < -0.3 is 15.2 Å². The minimum absolute atomic E-state index is 0.0925. The van der Waals surface area contributed by atoms with Crippen LogP contribution in [0.15, 0.2) is 29.6 Å². The quantitative estimate of drug-likeness (QED) is 0.890. The molecule has 0 spiro atoms. The standard InChI is InChI=1S/C15H15NO4S/c1-9-4-3-5-10(2)13(9)16-12(17)8-20-11-6-7-21-14(11)15(18)19/h3-7H,8H2,1-2H3,(H,16,17)(H,18,19). The topological polar surface area (TPSA) is 75.6 Å². The highest BCUT2D eigenvalue weighted by atomic mass is 32.1. The van der Waals surface area contributed by atoms with Gasteiger partial charge in [-0.25, -0.2) is 4.79 Å². The van der Waals surface area contributed by atoms with Crippen LogP contribution in [0.1, 0.15) is 20.8 Å². The van der Waals surface area contributed by atoms with E-state index in [1.54, 1.807) is 11.4 Å². The molecule has 0 aliphatic rings. The Balaban J connectivity index is 2.00. The molecule has 0 bridgehead atoms. The van der Waals surface area contributed by atoms with Gasteiger partial charge in [0.25, 0.3) is 5.91 Å². The second-order valence-electron chi connectivity index (χ2n) is 4.52. The molecule has 1 heterocycles. The van der Waals surface area contributed by atoms with Crippen molar-refractivity contribution >= 4 is 28.9 Å². The summed E-state index contributed by atoms with van der Waals surface area (Å²) in [5.74, 6) is -1.17. The molecular formula is C15H15NO4S. The molecule has 1 aromatic heterocycles. The first kappa shape index (κ1) is 15.1. The Labute approximate surface area is 126 Å². The number of carboxylic acids is 1. The van der Waals surface area contributed by atoms with Crippen LogP contribution in [0.25, 0.3) is 0 Å². The Hall–Kier alpha value is -2.34. The molecular weight excluding hydrogens is 290 g/mol. The number of aryl methyl sites for hydroxylation is 2. The molecule has 0 fully saturated rings. The van der Waals surface area contributed by atoms with Crippen LogP contribution in [0.4, 0.5) is 5.69 Å². The van der Waals surface area contributed by atoms with Crippen molar-refractivity contribution in [3.8, 4) is 5.75 Å². The number of hydrogen-bond acceptors (Lipinski definition) is 4. The smallest absolute Gasteiger partial charge is 0.349 e. The van der Waals surface area contributed by atoms with Crippen molar-refractivity contribution in [2.24, 2.45) is 0 Å². The highest BCUT2D eigenvalue weighted by Gasteiger charge is 2.14. The zero-order valence-corrected chi connectivity index (χ0v) is 12.5. The number of carbonyl (C=O) groups is 2. The lowest BCUT2D eigenvalue weighted by Gasteiger charge is -2.11. The van der Waals surface area contributed by atoms with Crippen molar-refractivity contribution < 1.29 is 19.4 Å². The number of nitrogens with one attached hydrogen (secondary N) is 1. The number of carbonyl (C=O) groups excluding carboxylic acids is 1. The fourth-order valence-corrected chi connectivity index (χ4v) is 2.57. The fraction of sp³-hybridized carbons (Fsp3) is 0.200. The summed E-state index contributed by atoms with van der Waals surface area (Å²) in [5, 5.41) is 13.4. The number of thiophene rings is 1. The van der Waals surface area contributed by atoms with Gasteiger partial charge in [0.2, 0.25) is 0 Å². The van der Waals surface area contributed by atoms with Gasteiger partial charge in [0, 0.05) is 5.69 Å². The van der Waals surface area contributed by atoms with Gasteiger partial charge in [-0.05, 0) is 36.4 Å². The highest BCUT2D eigenvalue weighted by Crippen LogP contribution is 2.25. The van der Waals surface area contributed by atoms with Crippen LogP contribution in [0, 0.1) is 13.8 Å². The first-order valence-corrected chi connectivity index (χ1v) is 7.16. The van der Waals surface area contributed by atoms with E-state index in [1.165, 1.54) is 0 Å². The molecule has 6 heteroatoms. The van der Waals surface area contributed by atoms with Crippen LogP contribution >= 0.6 is 11.3 Å². The van der Waals surface area contributed by atoms with Gasteiger partial charge in [-0.3, -0.25) is 4.79 Å². The van der Waals surface area contributed by atoms with Gasteiger partial charge in [-0.15, -0.1) is 11.3 Å². The van der Waals surface area contributed by atoms with E-state index in [2.05, 4.69) is 5.32 Å². The number of ether oxygens (including phenoxy) is 1. The number of amides is 1. The number of carboxylic acid groups (broad SMARTS) is 1. The summed E-state index contributed by atoms with van der Waals surface area (Å²) in [7, 11) is 0. The molecule has 0 unspecified atom stereocenters. The molecule has 0 aliphatic carbocycles. The summed E-state index contributed by atoms with van der Waals surface area (Å²) in [4.78, 5) is 22.9. The van der Waals surface area contributed by atoms with Crippen LogP contribution in [-0.2, 0) is 4.79 Å². The average molecular weight is 305 g/mol. The Kier molecular flexibility index (Phi) is 4.59. The molecule has 2 aromatic rings. The van der Waals surface area contributed by atoms with Gasteiger partial charge in [0.15, 0.2) is 11.5 Å². The minimum atomic E-state index is -1.06. The molecule has 0 atom stereocenters. The molecule has 0 radical (unpaired) electrons. The summed E-state index contributed by atoms with van der Waals surface area (Å²) in [6.45, 7) is 3.58. The number of aromatic carboxylic acids is 1. The zero-order chi connectivity index (χ0) is 15.4. The molecule has 0 saturated carbocycles. The van der Waals surface area contributed by atoms with E-state index in [1.807, 2.05) is 32.0 Å². The van der Waals surface area contributed by atoms with Crippen molar-refractivity contribution in [3.05, 3.63) is 45.6 Å². The maximum Gasteiger partial charge on any atom is 0.349 e. The first-order valence-electron chi connectivity index (χ1n) is 6.28. The third-order valence-corrected chi connectivity index (χ3v) is 3.81. The maximum absolute atomic E-state index is 11.9. The lowest BCUT2D eigenvalue weighted by atomic mass is 10.1. The first-order chi connectivity index (χ1) is 9.99. The van der Waals surface area contributed by atoms with Crippen molar-refractivity contribution in [1.82, 2.24) is 0 Å². The number of rotatable bonds is 5. The maximum atomic E-state index is 11.9. The van der Waals surface area contributed by atoms with Crippen LogP contribution < -0.4 is 10.1 Å². The minimum Gasteiger partial charge on any atom is -0.482 e. The molecule has 5 nitrogen and oxygen atoms in total. The molecule has 1 aromatic carbocycles. The summed E-state index contributed by atoms with van der Waals surface area (Å²) in [5.41, 5.74) is 2.69. The van der Waals surface area contributed by atoms with Crippen molar-refractivity contribution in [2.45, 2.75) is 13.8 Å². The van der Waals surface area contributed by atoms with E-state index in [9.17, 15) is 9.59 Å². The van der Waals surface area contributed by atoms with Gasteiger partial charge >= 0.3 is 5.97 Å². The Morgan fingerprint density at radius 2 is 1.90 bits per heavy atom. The third kappa shape index (κ3) is 3.61. The second-order valence-corrected chi connectivity index (χ2v) is 5.44. The number of benzene rings is 1. The van der Waals surface area contributed by atoms with Crippen molar-refractivity contribution in [3.63, 3.8) is 0 Å². The third-order valence-electron chi connectivity index (χ3n) is 2.93. The van der Waals surface area contributed by atoms with Gasteiger partial charge in [0.05, 0.1) is 0 Å². The largest absolute Gasteiger partial charge is 0.482 e. The van der Waals surface area contributed by atoms with E-state index >= 15 is 0 Å². The van der Waals surface area contributed by atoms with Crippen molar-refractivity contribution in [1.29, 1.82) is 0 Å². The van der Waals surface area contributed by atoms with E-state index < -0.39 is 5.97 Å². The van der Waals surface area contributed by atoms with E-state index in [0.29, 0.717) is 0 Å². The normalized spacial score (nSPS) is 10.2. The predicted octanol–water partition coefficient (Wildman–Crippen LogP) is 3.08. The Morgan fingerprint density at radius 3 is 2.52 bits per heavy atom. The number of hydrogen-bond donors (Lipinski definition) is 2. The van der Waals surface area contributed by atoms with Crippen LogP contribution in [0.3, 0.4) is 0 Å². The van der Waals surface area contributed by atoms with Crippen LogP contribution in [-0.4, -0.2) is 23.6 Å². The lowest BCUT2D eigenvalue weighted by molar-refractivity contribution is -0.118. The molecule has 2 rings (SSSR count). The zero-order valence-electron chi connectivity index (χ0n) is 11.7. The summed E-state index contributed by atoms with van der Waals surface area (Å²) in [6, 6.07) is 7.28. The molecule has 1 amide bonds. The summed E-state index contributed by atoms with van der Waals surface area (Å²) >= 11 is 1.06. The van der Waals surface area contributed by atoms with Crippen LogP contribution in [0.2, 0.25) is 0 Å². The molecule has 2 N–H and O–H groups in total. The van der Waals surface area contributed by atoms with Crippen molar-refractivity contribution in [2.75, 3.05) is 11.9 Å². The average Bonchev–Trinajstić information content (AvgIpc) is 2.89. The summed E-state index contributed by atoms with van der Waals surface area (Å²) in [6.07, 6.45) is 0. The monoisotopic (exact) mass is 305 g/mol. The Bertz CT molecular complexity index is 658. The lowest BCUT2D eigenvalue weighted by Crippen LogP contribution is -2.21. The second kappa shape index (κ2) is 6.41. The van der Waals surface area contributed by atoms with E-state index in [-0.39, 0.29) is 23.1 Å². The van der Waals surface area contributed by atoms with E-state index in [0.717, 1.165) is 28.2 Å². The molecule has 0 aliphatic heterocycles. The molecule has 21 heavy (non-hydrogen) atoms.